The molecule has 4 aromatic carbocycles. The Balaban J connectivity index is 2.13. The highest BCUT2D eigenvalue weighted by Crippen LogP contribution is 2.57. The van der Waals surface area contributed by atoms with E-state index in [0.29, 0.717) is 69.8 Å². The number of rotatable bonds is 36. The number of alkyl halides is 27. The zero-order valence-corrected chi connectivity index (χ0v) is 47.8. The van der Waals surface area contributed by atoms with E-state index in [9.17, 15) is 92.2 Å². The SMILES string of the molecule is CCCCCCCc1cc2c3cc(CCCCCCC)c(CCCC(F)(F)C(F)(F)C(F)(F)C(F)(F)F)cc3c3cc(CCCC(F)(F)C(F)(F)C(F)(F)C(F)(F)F)c(CCCCCCC)cc3c2cc1CCCC(F)(F)C(F)(F)C(F)(F)C(F)(F)F. The molecule has 0 N–H and O–H groups in total. The summed E-state index contributed by atoms with van der Waals surface area (Å²) in [5, 5.41) is 0.873. The molecule has 498 valence electrons. The quantitative estimate of drug-likeness (QED) is 0.0242. The van der Waals surface area contributed by atoms with Gasteiger partial charge in [-0.2, -0.15) is 119 Å². The molecule has 0 aliphatic rings. The van der Waals surface area contributed by atoms with Gasteiger partial charge in [-0.15, -0.1) is 0 Å². The Bertz CT molecular complexity index is 2850. The molecule has 0 aliphatic heterocycles. The van der Waals surface area contributed by atoms with Crippen LogP contribution in [0, 0.1) is 0 Å². The monoisotopic (exact) mass is 1300 g/mol. The molecule has 0 aromatic heterocycles. The maximum atomic E-state index is 15.0. The average Bonchev–Trinajstić information content (AvgIpc) is 1.07. The minimum atomic E-state index is -7.21. The van der Waals surface area contributed by atoms with Crippen molar-refractivity contribution in [2.24, 2.45) is 0 Å². The number of hydrogen-bond acceptors (Lipinski definition) is 0. The van der Waals surface area contributed by atoms with Gasteiger partial charge >= 0.3 is 71.8 Å². The second kappa shape index (κ2) is 28.5. The Hall–Kier alpha value is -4.23. The van der Waals surface area contributed by atoms with Crippen molar-refractivity contribution < 1.29 is 119 Å². The van der Waals surface area contributed by atoms with Crippen molar-refractivity contribution in [3.8, 4) is 0 Å². The van der Waals surface area contributed by atoms with Crippen LogP contribution in [0.3, 0.4) is 0 Å². The minimum absolute atomic E-state index is 0.00269. The summed E-state index contributed by atoms with van der Waals surface area (Å²) in [7, 11) is 0. The Morgan fingerprint density at radius 2 is 0.368 bits per heavy atom. The van der Waals surface area contributed by atoms with Gasteiger partial charge in [0.15, 0.2) is 0 Å². The molecule has 0 unspecified atom stereocenters. The van der Waals surface area contributed by atoms with Crippen LogP contribution < -0.4 is 0 Å². The minimum Gasteiger partial charge on any atom is -0.200 e. The highest BCUT2D eigenvalue weighted by atomic mass is 19.4. The van der Waals surface area contributed by atoms with Gasteiger partial charge in [0.2, 0.25) is 0 Å². The lowest BCUT2D eigenvalue weighted by Gasteiger charge is -2.33. The summed E-state index contributed by atoms with van der Waals surface area (Å²) < 4.78 is 378. The van der Waals surface area contributed by atoms with E-state index < -0.39 is 130 Å². The van der Waals surface area contributed by atoms with Crippen molar-refractivity contribution >= 4 is 32.3 Å². The molecule has 0 saturated heterocycles. The molecule has 0 spiro atoms. The number of unbranched alkanes of at least 4 members (excludes halogenated alkanes) is 12. The summed E-state index contributed by atoms with van der Waals surface area (Å²) in [6.45, 7) is 5.65. The van der Waals surface area contributed by atoms with Crippen LogP contribution in [-0.4, -0.2) is 71.8 Å². The van der Waals surface area contributed by atoms with E-state index in [-0.39, 0.29) is 79.4 Å². The van der Waals surface area contributed by atoms with Gasteiger partial charge in [-0.3, -0.25) is 0 Å². The Labute approximate surface area is 485 Å². The van der Waals surface area contributed by atoms with Gasteiger partial charge in [0.05, 0.1) is 0 Å². The molecule has 0 heterocycles. The smallest absolute Gasteiger partial charge is 0.200 e. The first-order valence-corrected chi connectivity index (χ1v) is 28.9. The zero-order valence-electron chi connectivity index (χ0n) is 47.8. The van der Waals surface area contributed by atoms with Crippen LogP contribution in [0.1, 0.15) is 189 Å². The van der Waals surface area contributed by atoms with Gasteiger partial charge in [-0.25, -0.2) is 0 Å². The molecule has 0 nitrogen and oxygen atoms in total. The molecule has 0 bridgehead atoms. The van der Waals surface area contributed by atoms with Crippen molar-refractivity contribution in [3.05, 3.63) is 69.8 Å². The van der Waals surface area contributed by atoms with Crippen LogP contribution in [0.15, 0.2) is 36.4 Å². The first kappa shape index (κ1) is 75.2. The van der Waals surface area contributed by atoms with Crippen LogP contribution >= 0.6 is 0 Å². The van der Waals surface area contributed by atoms with Crippen LogP contribution in [0.5, 0.6) is 0 Å². The van der Waals surface area contributed by atoms with E-state index >= 15 is 26.3 Å². The maximum Gasteiger partial charge on any atom is 0.460 e. The van der Waals surface area contributed by atoms with Crippen molar-refractivity contribution in [2.75, 3.05) is 0 Å². The van der Waals surface area contributed by atoms with Crippen LogP contribution in [0.4, 0.5) is 119 Å². The fourth-order valence-corrected chi connectivity index (χ4v) is 10.8. The summed E-state index contributed by atoms with van der Waals surface area (Å²) in [6, 6.07) is 8.48. The molecule has 0 atom stereocenters. The number of fused-ring (bicyclic) bond motifs is 6. The molecule has 87 heavy (non-hydrogen) atoms. The lowest BCUT2D eigenvalue weighted by molar-refractivity contribution is -0.396. The predicted molar refractivity (Wildman–Crippen MR) is 278 cm³/mol. The molecular weight excluding hydrogens is 1230 g/mol. The van der Waals surface area contributed by atoms with Gasteiger partial charge in [0, 0.05) is 19.3 Å². The van der Waals surface area contributed by atoms with E-state index in [1.807, 2.05) is 20.8 Å². The third-order valence-electron chi connectivity index (χ3n) is 16.0. The fraction of sp³-hybridized carbons (Fsp3) is 0.700. The molecule has 0 fully saturated rings. The number of aryl methyl sites for hydroxylation is 6. The van der Waals surface area contributed by atoms with E-state index in [1.54, 1.807) is 6.07 Å². The van der Waals surface area contributed by atoms with Gasteiger partial charge in [-0.05, 0) is 143 Å². The highest BCUT2D eigenvalue weighted by Gasteiger charge is 2.83. The lowest BCUT2D eigenvalue weighted by Crippen LogP contribution is -2.60. The molecular formula is C60H69F27. The molecule has 0 amide bonds. The molecule has 4 rings (SSSR count). The summed E-state index contributed by atoms with van der Waals surface area (Å²) >= 11 is 0. The van der Waals surface area contributed by atoms with E-state index in [4.69, 9.17) is 0 Å². The molecule has 0 aliphatic carbocycles. The zero-order chi connectivity index (χ0) is 66.3. The standard InChI is InChI=1S/C60H69F27/c1-4-7-10-13-16-22-37-31-43-44-32-38(23-17-14-11-8-5-2)41(26-20-29-50(63,64)53(69,70)56(75,76)59(82,83)84)35-47(44)48-36-42(27-21-30-51(65,66)54(71,72)57(77,78)60(85,86)87)39(24-18-15-12-9-6-3)33-45(48)46(43)34-40(37)25-19-28-49(61,62)52(67,68)55(73,74)58(79,80)81/h31-36H,4-30H2,1-3H3. The fourth-order valence-electron chi connectivity index (χ4n) is 10.8. The first-order chi connectivity index (χ1) is 39.8. The van der Waals surface area contributed by atoms with Crippen LogP contribution in [-0.2, 0) is 38.5 Å². The van der Waals surface area contributed by atoms with Crippen LogP contribution in [0.25, 0.3) is 32.3 Å². The topological polar surface area (TPSA) is 0 Å². The van der Waals surface area contributed by atoms with Gasteiger partial charge < -0.3 is 0 Å². The molecule has 0 radical (unpaired) electrons. The highest BCUT2D eigenvalue weighted by molar-refractivity contribution is 6.26. The third kappa shape index (κ3) is 16.3. The van der Waals surface area contributed by atoms with E-state index in [2.05, 4.69) is 0 Å². The lowest BCUT2D eigenvalue weighted by atomic mass is 9.83. The van der Waals surface area contributed by atoms with Crippen molar-refractivity contribution in [3.63, 3.8) is 0 Å². The Morgan fingerprint density at radius 1 is 0.207 bits per heavy atom. The van der Waals surface area contributed by atoms with E-state index in [1.165, 1.54) is 30.3 Å². The third-order valence-corrected chi connectivity index (χ3v) is 16.0. The van der Waals surface area contributed by atoms with Crippen LogP contribution in [0.2, 0.25) is 0 Å². The summed E-state index contributed by atoms with van der Waals surface area (Å²) in [4.78, 5) is 0. The number of halogens is 27. The number of benzene rings is 4. The van der Waals surface area contributed by atoms with Gasteiger partial charge in [0.1, 0.15) is 0 Å². The summed E-state index contributed by atoms with van der Waals surface area (Å²) in [5.41, 5.74) is 0.953. The van der Waals surface area contributed by atoms with E-state index in [0.717, 1.165) is 32.1 Å². The molecule has 4 aromatic rings. The molecule has 0 saturated carbocycles. The van der Waals surface area contributed by atoms with Crippen molar-refractivity contribution in [2.45, 2.75) is 266 Å². The van der Waals surface area contributed by atoms with Crippen molar-refractivity contribution in [1.82, 2.24) is 0 Å². The Morgan fingerprint density at radius 3 is 0.529 bits per heavy atom. The largest absolute Gasteiger partial charge is 0.460 e. The van der Waals surface area contributed by atoms with Crippen molar-refractivity contribution in [1.29, 1.82) is 0 Å². The predicted octanol–water partition coefficient (Wildman–Crippen LogP) is 24.1. The van der Waals surface area contributed by atoms with Gasteiger partial charge in [0.25, 0.3) is 0 Å². The normalized spacial score (nSPS) is 14.4. The van der Waals surface area contributed by atoms with Gasteiger partial charge in [-0.1, -0.05) is 134 Å². The average molecular weight is 1300 g/mol. The summed E-state index contributed by atoms with van der Waals surface area (Å²) in [6.07, 6.45) is -24.5. The molecule has 27 heteroatoms. The Kier molecular flexibility index (Phi) is 24.7. The number of hydrogen-bond donors (Lipinski definition) is 0. The first-order valence-electron chi connectivity index (χ1n) is 28.9. The second-order valence-corrected chi connectivity index (χ2v) is 22.6. The second-order valence-electron chi connectivity index (χ2n) is 22.6. The summed E-state index contributed by atoms with van der Waals surface area (Å²) in [5.74, 6) is -60.4. The maximum absolute atomic E-state index is 15.0.